The molecule has 0 saturated heterocycles. The number of carbonyl (C=O) groups excluding carboxylic acids is 2. The fourth-order valence-electron chi connectivity index (χ4n) is 1.63. The molecule has 3 nitrogen and oxygen atoms in total. The average Bonchev–Trinajstić information content (AvgIpc) is 2.61. The zero-order valence-corrected chi connectivity index (χ0v) is 12.2. The highest BCUT2D eigenvalue weighted by Crippen LogP contribution is 2.26. The molecule has 0 atom stereocenters. The molecule has 0 aliphatic carbocycles. The Labute approximate surface area is 119 Å². The monoisotopic (exact) mass is 297 g/mol. The van der Waals surface area contributed by atoms with Crippen LogP contribution in [0.3, 0.4) is 0 Å². The molecule has 1 aromatic carbocycles. The van der Waals surface area contributed by atoms with Crippen molar-refractivity contribution >= 4 is 51.1 Å². The molecule has 0 saturated carbocycles. The van der Waals surface area contributed by atoms with Crippen molar-refractivity contribution < 1.29 is 9.59 Å². The van der Waals surface area contributed by atoms with E-state index in [0.29, 0.717) is 11.1 Å². The first kappa shape index (κ1) is 13.6. The lowest BCUT2D eigenvalue weighted by Gasteiger charge is -2.12. The maximum absolute atomic E-state index is 12.0. The van der Waals surface area contributed by atoms with E-state index < -0.39 is 0 Å². The van der Waals surface area contributed by atoms with Gasteiger partial charge >= 0.3 is 0 Å². The first-order valence-electron chi connectivity index (χ1n) is 5.40. The predicted octanol–water partition coefficient (Wildman–Crippen LogP) is 3.01. The minimum Gasteiger partial charge on any atom is -0.269 e. The number of fused-ring (bicyclic) bond motifs is 1. The number of thioether (sulfide) groups is 2. The van der Waals surface area contributed by atoms with E-state index in [-0.39, 0.29) is 17.7 Å². The van der Waals surface area contributed by atoms with Crippen LogP contribution < -0.4 is 0 Å². The van der Waals surface area contributed by atoms with Gasteiger partial charge in [0.1, 0.15) is 3.53 Å². The first-order chi connectivity index (χ1) is 8.65. The molecule has 2 amide bonds. The maximum Gasteiger partial charge on any atom is 0.262 e. The molecule has 1 aromatic rings. The van der Waals surface area contributed by atoms with Crippen LogP contribution in [0.5, 0.6) is 0 Å². The molecule has 18 heavy (non-hydrogen) atoms. The van der Waals surface area contributed by atoms with Crippen LogP contribution in [-0.2, 0) is 0 Å². The van der Waals surface area contributed by atoms with Crippen LogP contribution in [0.15, 0.2) is 24.3 Å². The Kier molecular flexibility index (Phi) is 4.42. The van der Waals surface area contributed by atoms with Gasteiger partial charge in [0.25, 0.3) is 11.8 Å². The highest BCUT2D eigenvalue weighted by Gasteiger charge is 2.34. The average molecular weight is 297 g/mol. The van der Waals surface area contributed by atoms with Crippen molar-refractivity contribution in [1.29, 1.82) is 0 Å². The number of amides is 2. The topological polar surface area (TPSA) is 37.4 Å². The molecule has 0 radical (unpaired) electrons. The van der Waals surface area contributed by atoms with Gasteiger partial charge in [-0.1, -0.05) is 43.0 Å². The number of hydrogen-bond donors (Lipinski definition) is 0. The van der Waals surface area contributed by atoms with Gasteiger partial charge in [0.15, 0.2) is 0 Å². The van der Waals surface area contributed by atoms with Crippen molar-refractivity contribution in [2.75, 3.05) is 11.6 Å². The van der Waals surface area contributed by atoms with E-state index in [1.807, 2.05) is 6.92 Å². The third-order valence-electron chi connectivity index (χ3n) is 2.45. The third kappa shape index (κ3) is 2.60. The highest BCUT2D eigenvalue weighted by molar-refractivity contribution is 8.47. The summed E-state index contributed by atoms with van der Waals surface area (Å²) in [5.41, 5.74) is 0.967. The van der Waals surface area contributed by atoms with Crippen LogP contribution in [0.2, 0.25) is 0 Å². The normalized spacial score (nSPS) is 13.9. The van der Waals surface area contributed by atoms with Crippen molar-refractivity contribution in [2.24, 2.45) is 0 Å². The van der Waals surface area contributed by atoms with Crippen molar-refractivity contribution in [2.45, 2.75) is 6.92 Å². The van der Waals surface area contributed by atoms with Crippen molar-refractivity contribution in [1.82, 2.24) is 4.90 Å². The van der Waals surface area contributed by atoms with E-state index in [1.165, 1.54) is 16.7 Å². The number of carbonyl (C=O) groups is 2. The maximum atomic E-state index is 12.0. The molecule has 0 fully saturated rings. The summed E-state index contributed by atoms with van der Waals surface area (Å²) in [6, 6.07) is 6.88. The Bertz CT molecular complexity index is 481. The summed E-state index contributed by atoms with van der Waals surface area (Å²) in [6.07, 6.45) is 0. The summed E-state index contributed by atoms with van der Waals surface area (Å²) >= 11 is 8.03. The second kappa shape index (κ2) is 5.86. The molecule has 0 aromatic heterocycles. The van der Waals surface area contributed by atoms with E-state index >= 15 is 0 Å². The van der Waals surface area contributed by atoms with Gasteiger partial charge in [-0.25, -0.2) is 0 Å². The number of imide groups is 1. The molecule has 0 unspecified atom stereocenters. The molecular weight excluding hydrogens is 286 g/mol. The number of hydrogen-bond acceptors (Lipinski definition) is 5. The Hall–Kier alpha value is -0.850. The van der Waals surface area contributed by atoms with Crippen LogP contribution in [0.25, 0.3) is 0 Å². The Morgan fingerprint density at radius 2 is 1.72 bits per heavy atom. The number of nitrogens with zero attached hydrogens (tertiary/aromatic N) is 1. The highest BCUT2D eigenvalue weighted by atomic mass is 32.2. The lowest BCUT2D eigenvalue weighted by atomic mass is 10.1. The van der Waals surface area contributed by atoms with Gasteiger partial charge < -0.3 is 0 Å². The van der Waals surface area contributed by atoms with E-state index in [0.717, 1.165) is 9.28 Å². The smallest absolute Gasteiger partial charge is 0.262 e. The summed E-state index contributed by atoms with van der Waals surface area (Å²) in [5.74, 6) is 0.728. The lowest BCUT2D eigenvalue weighted by Crippen LogP contribution is -2.29. The van der Waals surface area contributed by atoms with Crippen LogP contribution in [0, 0.1) is 0 Å². The molecule has 0 bridgehead atoms. The summed E-state index contributed by atoms with van der Waals surface area (Å²) in [5, 5.41) is 0. The van der Waals surface area contributed by atoms with Crippen molar-refractivity contribution in [3.8, 4) is 0 Å². The fraction of sp³-hybridized carbons (Fsp3) is 0.250. The Morgan fingerprint density at radius 3 is 2.22 bits per heavy atom. The number of thiocarbonyl (C=S) groups is 1. The zero-order chi connectivity index (χ0) is 13.1. The van der Waals surface area contributed by atoms with Gasteiger partial charge in [0.05, 0.1) is 17.0 Å². The van der Waals surface area contributed by atoms with Crippen molar-refractivity contribution in [3.63, 3.8) is 0 Å². The van der Waals surface area contributed by atoms with Gasteiger partial charge in [-0.3, -0.25) is 14.5 Å². The Balaban J connectivity index is 2.07. The standard InChI is InChI=1S/C12H11NO2S3/c1-2-17-12(16)18-7-13-10(14)8-5-3-4-6-9(8)11(13)15/h3-6H,2,7H2,1H3. The van der Waals surface area contributed by atoms with E-state index in [2.05, 4.69) is 0 Å². The number of rotatable bonds is 3. The minimum atomic E-state index is -0.229. The fourth-order valence-corrected chi connectivity index (χ4v) is 3.69. The van der Waals surface area contributed by atoms with E-state index in [1.54, 1.807) is 36.0 Å². The second-order valence-corrected chi connectivity index (χ2v) is 6.95. The van der Waals surface area contributed by atoms with Crippen molar-refractivity contribution in [3.05, 3.63) is 35.4 Å². The largest absolute Gasteiger partial charge is 0.269 e. The van der Waals surface area contributed by atoms with E-state index in [4.69, 9.17) is 12.2 Å². The molecular formula is C12H11NO2S3. The molecule has 1 heterocycles. The van der Waals surface area contributed by atoms with Gasteiger partial charge in [0.2, 0.25) is 0 Å². The molecule has 94 valence electrons. The van der Waals surface area contributed by atoms with Crippen LogP contribution >= 0.6 is 35.7 Å². The summed E-state index contributed by atoms with van der Waals surface area (Å²) in [6.45, 7) is 2.01. The second-order valence-electron chi connectivity index (χ2n) is 3.54. The Morgan fingerprint density at radius 1 is 1.17 bits per heavy atom. The summed E-state index contributed by atoms with van der Waals surface area (Å²) in [7, 11) is 0. The summed E-state index contributed by atoms with van der Waals surface area (Å²) in [4.78, 5) is 25.3. The molecule has 1 aliphatic heterocycles. The summed E-state index contributed by atoms with van der Waals surface area (Å²) < 4.78 is 0.758. The zero-order valence-electron chi connectivity index (χ0n) is 9.71. The minimum absolute atomic E-state index is 0.229. The molecule has 1 aliphatic rings. The predicted molar refractivity (Wildman–Crippen MR) is 80.1 cm³/mol. The van der Waals surface area contributed by atoms with Crippen LogP contribution in [0.4, 0.5) is 0 Å². The van der Waals surface area contributed by atoms with Crippen LogP contribution in [0.1, 0.15) is 27.6 Å². The molecule has 2 rings (SSSR count). The van der Waals surface area contributed by atoms with E-state index in [9.17, 15) is 9.59 Å². The molecule has 0 spiro atoms. The van der Waals surface area contributed by atoms with Gasteiger partial charge in [-0.15, -0.1) is 11.8 Å². The third-order valence-corrected chi connectivity index (χ3v) is 5.01. The van der Waals surface area contributed by atoms with Gasteiger partial charge in [-0.2, -0.15) is 0 Å². The molecule has 6 heteroatoms. The van der Waals surface area contributed by atoms with Crippen LogP contribution in [-0.4, -0.2) is 31.9 Å². The number of benzene rings is 1. The molecule has 0 N–H and O–H groups in total. The SMILES string of the molecule is CCSC(=S)SCN1C(=O)c2ccccc2C1=O. The van der Waals surface area contributed by atoms with Gasteiger partial charge in [0, 0.05) is 0 Å². The van der Waals surface area contributed by atoms with Gasteiger partial charge in [-0.05, 0) is 17.9 Å². The quantitative estimate of drug-likeness (QED) is 0.633. The first-order valence-corrected chi connectivity index (χ1v) is 7.78. The lowest BCUT2D eigenvalue weighted by molar-refractivity contribution is 0.0684.